The van der Waals surface area contributed by atoms with Crippen molar-refractivity contribution in [1.82, 2.24) is 9.80 Å². The van der Waals surface area contributed by atoms with Gasteiger partial charge in [-0.25, -0.2) is 0 Å². The second-order valence-electron chi connectivity index (χ2n) is 7.10. The van der Waals surface area contributed by atoms with Crippen molar-refractivity contribution < 1.29 is 9.21 Å². The molecule has 1 amide bonds. The molecule has 0 saturated carbocycles. The third-order valence-electron chi connectivity index (χ3n) is 5.22. The molecular formula is C22H23ClN2O2. The van der Waals surface area contributed by atoms with Gasteiger partial charge in [0.2, 0.25) is 0 Å². The summed E-state index contributed by atoms with van der Waals surface area (Å²) in [4.78, 5) is 17.4. The van der Waals surface area contributed by atoms with E-state index in [1.165, 1.54) is 5.56 Å². The van der Waals surface area contributed by atoms with E-state index in [2.05, 4.69) is 29.2 Å². The zero-order valence-electron chi connectivity index (χ0n) is 15.5. The zero-order chi connectivity index (χ0) is 18.8. The van der Waals surface area contributed by atoms with Crippen LogP contribution in [0.15, 0.2) is 52.9 Å². The average molecular weight is 383 g/mol. The number of hydrogen-bond acceptors (Lipinski definition) is 3. The Hall–Kier alpha value is -2.30. The van der Waals surface area contributed by atoms with Crippen LogP contribution in [0.5, 0.6) is 0 Å². The van der Waals surface area contributed by atoms with Crippen molar-refractivity contribution in [3.05, 3.63) is 70.4 Å². The van der Waals surface area contributed by atoms with Crippen LogP contribution in [0.3, 0.4) is 0 Å². The average Bonchev–Trinajstić information content (AvgIpc) is 2.85. The van der Waals surface area contributed by atoms with Crippen molar-refractivity contribution in [3.8, 4) is 0 Å². The van der Waals surface area contributed by atoms with Crippen LogP contribution in [0.25, 0.3) is 11.0 Å². The number of fused-ring (bicyclic) bond motifs is 1. The van der Waals surface area contributed by atoms with Crippen molar-refractivity contribution in [1.29, 1.82) is 0 Å². The quantitative estimate of drug-likeness (QED) is 0.656. The molecule has 4 nitrogen and oxygen atoms in total. The summed E-state index contributed by atoms with van der Waals surface area (Å²) in [5, 5.41) is 1.56. The highest BCUT2D eigenvalue weighted by molar-refractivity contribution is 6.31. The molecule has 1 aliphatic heterocycles. The Balaban J connectivity index is 1.47. The number of amides is 1. The van der Waals surface area contributed by atoms with Gasteiger partial charge in [-0.15, -0.1) is 0 Å². The Morgan fingerprint density at radius 1 is 1.07 bits per heavy atom. The van der Waals surface area contributed by atoms with Gasteiger partial charge in [-0.2, -0.15) is 0 Å². The van der Waals surface area contributed by atoms with Gasteiger partial charge in [-0.05, 0) is 37.1 Å². The van der Waals surface area contributed by atoms with Gasteiger partial charge < -0.3 is 9.32 Å². The number of carbonyl (C=O) groups excluding carboxylic acids is 1. The van der Waals surface area contributed by atoms with Gasteiger partial charge >= 0.3 is 0 Å². The fourth-order valence-electron chi connectivity index (χ4n) is 3.71. The Labute approximate surface area is 164 Å². The number of furan rings is 1. The Bertz CT molecular complexity index is 952. The Morgan fingerprint density at radius 3 is 2.70 bits per heavy atom. The van der Waals surface area contributed by atoms with Crippen LogP contribution in [0.4, 0.5) is 0 Å². The van der Waals surface area contributed by atoms with E-state index in [1.807, 2.05) is 30.0 Å². The molecule has 0 spiro atoms. The monoisotopic (exact) mass is 382 g/mol. The lowest BCUT2D eigenvalue weighted by Gasteiger charge is -2.21. The molecule has 2 aromatic carbocycles. The fraction of sp³-hybridized carbons (Fsp3) is 0.318. The third kappa shape index (κ3) is 3.87. The standard InChI is InChI=1S/C22H23ClN2O2/c1-16-19-14-18(23)8-9-20(19)27-21(16)22(26)25-11-5-10-24(12-13-25)15-17-6-3-2-4-7-17/h2-4,6-9,14H,5,10-13,15H2,1H3. The van der Waals surface area contributed by atoms with E-state index < -0.39 is 0 Å². The fourth-order valence-corrected chi connectivity index (χ4v) is 3.89. The van der Waals surface area contributed by atoms with Gasteiger partial charge in [0.15, 0.2) is 5.76 Å². The largest absolute Gasteiger partial charge is 0.451 e. The van der Waals surface area contributed by atoms with E-state index in [-0.39, 0.29) is 5.91 Å². The SMILES string of the molecule is Cc1c(C(=O)N2CCCN(Cc3ccccc3)CC2)oc2ccc(Cl)cc12. The number of carbonyl (C=O) groups is 1. The molecule has 4 rings (SSSR count). The lowest BCUT2D eigenvalue weighted by molar-refractivity contribution is 0.0730. The molecular weight excluding hydrogens is 360 g/mol. The third-order valence-corrected chi connectivity index (χ3v) is 5.45. The van der Waals surface area contributed by atoms with Gasteiger partial charge in [0.25, 0.3) is 5.91 Å². The van der Waals surface area contributed by atoms with E-state index >= 15 is 0 Å². The van der Waals surface area contributed by atoms with Crippen LogP contribution in [-0.2, 0) is 6.54 Å². The van der Waals surface area contributed by atoms with Crippen molar-refractivity contribution in [2.75, 3.05) is 26.2 Å². The van der Waals surface area contributed by atoms with E-state index in [9.17, 15) is 4.79 Å². The van der Waals surface area contributed by atoms with Crippen LogP contribution in [0.2, 0.25) is 5.02 Å². The molecule has 0 bridgehead atoms. The van der Waals surface area contributed by atoms with Crippen molar-refractivity contribution in [3.63, 3.8) is 0 Å². The first kappa shape index (κ1) is 18.1. The van der Waals surface area contributed by atoms with Gasteiger partial charge in [0.05, 0.1) is 0 Å². The molecule has 5 heteroatoms. The lowest BCUT2D eigenvalue weighted by atomic mass is 10.1. The summed E-state index contributed by atoms with van der Waals surface area (Å²) in [5.74, 6) is 0.408. The first-order chi connectivity index (χ1) is 13.1. The van der Waals surface area contributed by atoms with Crippen LogP contribution in [0, 0.1) is 6.92 Å². The molecule has 140 valence electrons. The maximum Gasteiger partial charge on any atom is 0.289 e. The zero-order valence-corrected chi connectivity index (χ0v) is 16.2. The van der Waals surface area contributed by atoms with Crippen LogP contribution in [-0.4, -0.2) is 41.9 Å². The minimum atomic E-state index is -0.0265. The van der Waals surface area contributed by atoms with Gasteiger partial charge in [-0.1, -0.05) is 41.9 Å². The molecule has 0 radical (unpaired) electrons. The van der Waals surface area contributed by atoms with Crippen molar-refractivity contribution >= 4 is 28.5 Å². The number of rotatable bonds is 3. The van der Waals surface area contributed by atoms with Crippen LogP contribution >= 0.6 is 11.6 Å². The second kappa shape index (κ2) is 7.75. The number of nitrogens with zero attached hydrogens (tertiary/aromatic N) is 2. The summed E-state index contributed by atoms with van der Waals surface area (Å²) in [7, 11) is 0. The van der Waals surface area contributed by atoms with E-state index in [0.29, 0.717) is 22.9 Å². The van der Waals surface area contributed by atoms with E-state index in [0.717, 1.165) is 43.5 Å². The highest BCUT2D eigenvalue weighted by Crippen LogP contribution is 2.29. The summed E-state index contributed by atoms with van der Waals surface area (Å²) >= 11 is 6.09. The van der Waals surface area contributed by atoms with Crippen molar-refractivity contribution in [2.24, 2.45) is 0 Å². The predicted octanol–water partition coefficient (Wildman–Crippen LogP) is 4.74. The molecule has 2 heterocycles. The summed E-state index contributed by atoms with van der Waals surface area (Å²) in [6.45, 7) is 6.17. The molecule has 3 aromatic rings. The molecule has 1 saturated heterocycles. The van der Waals surface area contributed by atoms with Crippen molar-refractivity contribution in [2.45, 2.75) is 19.9 Å². The Morgan fingerprint density at radius 2 is 1.89 bits per heavy atom. The summed E-state index contributed by atoms with van der Waals surface area (Å²) in [6, 6.07) is 15.9. The molecule has 0 atom stereocenters. The second-order valence-corrected chi connectivity index (χ2v) is 7.54. The molecule has 1 fully saturated rings. The highest BCUT2D eigenvalue weighted by Gasteiger charge is 2.25. The predicted molar refractivity (Wildman–Crippen MR) is 108 cm³/mol. The van der Waals surface area contributed by atoms with E-state index in [4.69, 9.17) is 16.0 Å². The molecule has 0 unspecified atom stereocenters. The first-order valence-electron chi connectivity index (χ1n) is 9.36. The molecule has 0 N–H and O–H groups in total. The maximum atomic E-state index is 13.1. The highest BCUT2D eigenvalue weighted by atomic mass is 35.5. The minimum Gasteiger partial charge on any atom is -0.451 e. The van der Waals surface area contributed by atoms with Crippen LogP contribution < -0.4 is 0 Å². The smallest absolute Gasteiger partial charge is 0.289 e. The maximum absolute atomic E-state index is 13.1. The number of benzene rings is 2. The van der Waals surface area contributed by atoms with E-state index in [1.54, 1.807) is 6.07 Å². The molecule has 1 aliphatic rings. The number of hydrogen-bond donors (Lipinski definition) is 0. The Kier molecular flexibility index (Phi) is 5.19. The number of aryl methyl sites for hydroxylation is 1. The molecule has 27 heavy (non-hydrogen) atoms. The molecule has 1 aromatic heterocycles. The van der Waals surface area contributed by atoms with Gasteiger partial charge in [0.1, 0.15) is 5.58 Å². The summed E-state index contributed by atoms with van der Waals surface area (Å²) in [6.07, 6.45) is 0.962. The molecule has 0 aliphatic carbocycles. The van der Waals surface area contributed by atoms with Crippen LogP contribution in [0.1, 0.15) is 28.1 Å². The first-order valence-corrected chi connectivity index (χ1v) is 9.74. The number of halogens is 1. The summed E-state index contributed by atoms with van der Waals surface area (Å²) < 4.78 is 5.87. The minimum absolute atomic E-state index is 0.0265. The normalized spacial score (nSPS) is 15.9. The lowest BCUT2D eigenvalue weighted by Crippen LogP contribution is -2.35. The van der Waals surface area contributed by atoms with Gasteiger partial charge in [0, 0.05) is 48.7 Å². The topological polar surface area (TPSA) is 36.7 Å². The summed E-state index contributed by atoms with van der Waals surface area (Å²) in [5.41, 5.74) is 2.88. The van der Waals surface area contributed by atoms with Gasteiger partial charge in [-0.3, -0.25) is 9.69 Å².